The second kappa shape index (κ2) is 8.39. The van der Waals surface area contributed by atoms with Gasteiger partial charge in [-0.2, -0.15) is 0 Å². The van der Waals surface area contributed by atoms with Crippen molar-refractivity contribution in [2.24, 2.45) is 0 Å². The molecule has 0 radical (unpaired) electrons. The lowest BCUT2D eigenvalue weighted by Gasteiger charge is -2.26. The number of ether oxygens (including phenoxy) is 2. The standard InChI is InChI=1S/C20H25NO3/c1-15(18-7-5-6-8-19(18)24-4)21(2)20(22)14-11-16-9-12-17(23-3)13-10-16/h5-10,12-13,15H,11,14H2,1-4H3. The number of methoxy groups -OCH3 is 2. The van der Waals surface area contributed by atoms with Crippen LogP contribution in [-0.4, -0.2) is 32.1 Å². The van der Waals surface area contributed by atoms with Gasteiger partial charge in [-0.15, -0.1) is 0 Å². The topological polar surface area (TPSA) is 38.8 Å². The maximum absolute atomic E-state index is 12.5. The Morgan fingerprint density at radius 2 is 1.71 bits per heavy atom. The van der Waals surface area contributed by atoms with Gasteiger partial charge in [0.05, 0.1) is 20.3 Å². The number of benzene rings is 2. The number of carbonyl (C=O) groups is 1. The summed E-state index contributed by atoms with van der Waals surface area (Å²) in [5.41, 5.74) is 2.14. The second-order valence-electron chi connectivity index (χ2n) is 5.77. The predicted molar refractivity (Wildman–Crippen MR) is 95.5 cm³/mol. The van der Waals surface area contributed by atoms with Crippen LogP contribution >= 0.6 is 0 Å². The molecule has 2 rings (SSSR count). The molecule has 1 amide bonds. The lowest BCUT2D eigenvalue weighted by molar-refractivity contribution is -0.131. The highest BCUT2D eigenvalue weighted by Crippen LogP contribution is 2.28. The molecule has 0 bridgehead atoms. The van der Waals surface area contributed by atoms with Crippen molar-refractivity contribution in [3.05, 3.63) is 59.7 Å². The first-order valence-electron chi connectivity index (χ1n) is 8.08. The lowest BCUT2D eigenvalue weighted by atomic mass is 10.0. The lowest BCUT2D eigenvalue weighted by Crippen LogP contribution is -2.30. The van der Waals surface area contributed by atoms with Crippen LogP contribution in [0.25, 0.3) is 0 Å². The average molecular weight is 327 g/mol. The number of hydrogen-bond acceptors (Lipinski definition) is 3. The van der Waals surface area contributed by atoms with Crippen LogP contribution in [0.1, 0.15) is 30.5 Å². The zero-order valence-electron chi connectivity index (χ0n) is 14.8. The number of aryl methyl sites for hydroxylation is 1. The summed E-state index contributed by atoms with van der Waals surface area (Å²) in [5, 5.41) is 0. The Balaban J connectivity index is 1.98. The molecule has 0 spiro atoms. The first kappa shape index (κ1) is 17.9. The molecule has 1 unspecified atom stereocenters. The molecule has 0 heterocycles. The molecule has 0 N–H and O–H groups in total. The molecular weight excluding hydrogens is 302 g/mol. The Hall–Kier alpha value is -2.49. The highest BCUT2D eigenvalue weighted by Gasteiger charge is 2.19. The van der Waals surface area contributed by atoms with Crippen LogP contribution < -0.4 is 9.47 Å². The number of para-hydroxylation sites is 1. The zero-order chi connectivity index (χ0) is 17.5. The van der Waals surface area contributed by atoms with Crippen molar-refractivity contribution < 1.29 is 14.3 Å². The number of carbonyl (C=O) groups excluding carboxylic acids is 1. The Labute approximate surface area is 144 Å². The fourth-order valence-corrected chi connectivity index (χ4v) is 2.66. The van der Waals surface area contributed by atoms with Crippen molar-refractivity contribution in [1.82, 2.24) is 4.90 Å². The van der Waals surface area contributed by atoms with Gasteiger partial charge in [0, 0.05) is 19.0 Å². The van der Waals surface area contributed by atoms with Crippen molar-refractivity contribution >= 4 is 5.91 Å². The minimum absolute atomic E-state index is 0.0375. The van der Waals surface area contributed by atoms with Gasteiger partial charge in [-0.1, -0.05) is 30.3 Å². The molecule has 0 aliphatic rings. The quantitative estimate of drug-likeness (QED) is 0.775. The summed E-state index contributed by atoms with van der Waals surface area (Å²) in [6.07, 6.45) is 1.19. The average Bonchev–Trinajstić information content (AvgIpc) is 2.65. The van der Waals surface area contributed by atoms with Crippen LogP contribution in [0.2, 0.25) is 0 Å². The van der Waals surface area contributed by atoms with Gasteiger partial charge in [0.15, 0.2) is 0 Å². The molecule has 128 valence electrons. The van der Waals surface area contributed by atoms with Crippen molar-refractivity contribution in [3.63, 3.8) is 0 Å². The maximum atomic E-state index is 12.5. The van der Waals surface area contributed by atoms with Gasteiger partial charge in [0.2, 0.25) is 5.91 Å². The van der Waals surface area contributed by atoms with Gasteiger partial charge in [0.25, 0.3) is 0 Å². The Kier molecular flexibility index (Phi) is 6.24. The van der Waals surface area contributed by atoms with E-state index in [9.17, 15) is 4.79 Å². The molecule has 0 aliphatic heterocycles. The van der Waals surface area contributed by atoms with Gasteiger partial charge >= 0.3 is 0 Å². The summed E-state index contributed by atoms with van der Waals surface area (Å²) < 4.78 is 10.5. The summed E-state index contributed by atoms with van der Waals surface area (Å²) in [7, 11) is 5.14. The number of hydrogen-bond donors (Lipinski definition) is 0. The molecule has 1 atom stereocenters. The van der Waals surface area contributed by atoms with Crippen LogP contribution in [0, 0.1) is 0 Å². The summed E-state index contributed by atoms with van der Waals surface area (Å²) in [4.78, 5) is 14.3. The van der Waals surface area contributed by atoms with Gasteiger partial charge < -0.3 is 14.4 Å². The molecule has 0 saturated carbocycles. The molecule has 4 nitrogen and oxygen atoms in total. The number of rotatable bonds is 7. The van der Waals surface area contributed by atoms with E-state index in [1.807, 2.05) is 62.5 Å². The van der Waals surface area contributed by atoms with E-state index in [0.717, 1.165) is 22.6 Å². The molecule has 0 fully saturated rings. The molecule has 2 aromatic rings. The fourth-order valence-electron chi connectivity index (χ4n) is 2.66. The van der Waals surface area contributed by atoms with E-state index < -0.39 is 0 Å². The second-order valence-corrected chi connectivity index (χ2v) is 5.77. The molecule has 0 aliphatic carbocycles. The normalized spacial score (nSPS) is 11.7. The zero-order valence-corrected chi connectivity index (χ0v) is 14.8. The van der Waals surface area contributed by atoms with E-state index in [1.165, 1.54) is 0 Å². The molecule has 0 saturated heterocycles. The van der Waals surface area contributed by atoms with Gasteiger partial charge in [-0.25, -0.2) is 0 Å². The number of nitrogens with zero attached hydrogens (tertiary/aromatic N) is 1. The van der Waals surface area contributed by atoms with Gasteiger partial charge in [-0.3, -0.25) is 4.79 Å². The summed E-state index contributed by atoms with van der Waals surface area (Å²) in [6, 6.07) is 15.6. The monoisotopic (exact) mass is 327 g/mol. The molecular formula is C20H25NO3. The molecule has 0 aromatic heterocycles. The minimum Gasteiger partial charge on any atom is -0.497 e. The van der Waals surface area contributed by atoms with Crippen molar-refractivity contribution in [3.8, 4) is 11.5 Å². The highest BCUT2D eigenvalue weighted by atomic mass is 16.5. The molecule has 24 heavy (non-hydrogen) atoms. The van der Waals surface area contributed by atoms with Crippen LogP contribution in [0.4, 0.5) is 0 Å². The molecule has 4 heteroatoms. The Morgan fingerprint density at radius 1 is 1.04 bits per heavy atom. The predicted octanol–water partition coefficient (Wildman–Crippen LogP) is 3.86. The van der Waals surface area contributed by atoms with Crippen LogP contribution in [0.5, 0.6) is 11.5 Å². The largest absolute Gasteiger partial charge is 0.497 e. The first-order valence-corrected chi connectivity index (χ1v) is 8.08. The third-order valence-electron chi connectivity index (χ3n) is 4.35. The fraction of sp³-hybridized carbons (Fsp3) is 0.350. The van der Waals surface area contributed by atoms with E-state index >= 15 is 0 Å². The van der Waals surface area contributed by atoms with Crippen molar-refractivity contribution in [2.75, 3.05) is 21.3 Å². The van der Waals surface area contributed by atoms with E-state index in [4.69, 9.17) is 9.47 Å². The van der Waals surface area contributed by atoms with E-state index in [2.05, 4.69) is 0 Å². The Morgan fingerprint density at radius 3 is 2.33 bits per heavy atom. The maximum Gasteiger partial charge on any atom is 0.223 e. The van der Waals surface area contributed by atoms with Crippen LogP contribution in [-0.2, 0) is 11.2 Å². The summed E-state index contributed by atoms with van der Waals surface area (Å²) in [6.45, 7) is 2.02. The van der Waals surface area contributed by atoms with E-state index in [1.54, 1.807) is 19.1 Å². The summed E-state index contributed by atoms with van der Waals surface area (Å²) in [5.74, 6) is 1.75. The van der Waals surface area contributed by atoms with Crippen molar-refractivity contribution in [1.29, 1.82) is 0 Å². The van der Waals surface area contributed by atoms with E-state index in [0.29, 0.717) is 12.8 Å². The molecule has 2 aromatic carbocycles. The summed E-state index contributed by atoms with van der Waals surface area (Å²) >= 11 is 0. The van der Waals surface area contributed by atoms with Crippen LogP contribution in [0.3, 0.4) is 0 Å². The van der Waals surface area contributed by atoms with Gasteiger partial charge in [0.1, 0.15) is 11.5 Å². The smallest absolute Gasteiger partial charge is 0.223 e. The SMILES string of the molecule is COc1ccc(CCC(=O)N(C)C(C)c2ccccc2OC)cc1. The third-order valence-corrected chi connectivity index (χ3v) is 4.35. The highest BCUT2D eigenvalue weighted by molar-refractivity contribution is 5.76. The van der Waals surface area contributed by atoms with Crippen molar-refractivity contribution in [2.45, 2.75) is 25.8 Å². The first-order chi connectivity index (χ1) is 11.6. The Bertz CT molecular complexity index is 667. The number of amides is 1. The third kappa shape index (κ3) is 4.28. The minimum atomic E-state index is -0.0375. The van der Waals surface area contributed by atoms with Gasteiger partial charge in [-0.05, 0) is 37.1 Å². The van der Waals surface area contributed by atoms with Crippen LogP contribution in [0.15, 0.2) is 48.5 Å². The van der Waals surface area contributed by atoms with E-state index in [-0.39, 0.29) is 11.9 Å².